The maximum atomic E-state index is 13.1. The average molecular weight is 508 g/mol. The van der Waals surface area contributed by atoms with Gasteiger partial charge in [-0.2, -0.15) is 0 Å². The van der Waals surface area contributed by atoms with Gasteiger partial charge in [0.25, 0.3) is 0 Å². The van der Waals surface area contributed by atoms with Crippen LogP contribution in [0.25, 0.3) is 0 Å². The molecule has 0 bridgehead atoms. The van der Waals surface area contributed by atoms with Gasteiger partial charge in [0.05, 0.1) is 19.8 Å². The molecule has 1 rings (SSSR count). The van der Waals surface area contributed by atoms with Gasteiger partial charge in [-0.25, -0.2) is 9.59 Å². The van der Waals surface area contributed by atoms with Crippen LogP contribution in [0.1, 0.15) is 60.5 Å². The van der Waals surface area contributed by atoms with Crippen molar-refractivity contribution in [2.75, 3.05) is 13.2 Å². The zero-order valence-electron chi connectivity index (χ0n) is 22.4. The average Bonchev–Trinajstić information content (AvgIpc) is 2.77. The fourth-order valence-electron chi connectivity index (χ4n) is 3.10. The zero-order chi connectivity index (χ0) is 27.3. The summed E-state index contributed by atoms with van der Waals surface area (Å²) in [5, 5.41) is 7.72. The van der Waals surface area contributed by atoms with Crippen LogP contribution in [0, 0.1) is 5.92 Å². The van der Waals surface area contributed by atoms with E-state index in [1.807, 2.05) is 44.2 Å². The van der Waals surface area contributed by atoms with Gasteiger partial charge in [0.1, 0.15) is 23.7 Å². The molecule has 0 aliphatic carbocycles. The molecule has 0 saturated carbocycles. The Balaban J connectivity index is 2.92. The van der Waals surface area contributed by atoms with E-state index in [0.717, 1.165) is 5.56 Å². The third-order valence-electron chi connectivity index (χ3n) is 4.75. The highest BCUT2D eigenvalue weighted by molar-refractivity contribution is 5.93. The summed E-state index contributed by atoms with van der Waals surface area (Å²) in [6.07, 6.45) is -0.391. The molecule has 0 fully saturated rings. The quantitative estimate of drug-likeness (QED) is 0.350. The van der Waals surface area contributed by atoms with Crippen molar-refractivity contribution in [3.8, 4) is 0 Å². The fourth-order valence-corrected chi connectivity index (χ4v) is 3.10. The summed E-state index contributed by atoms with van der Waals surface area (Å²) in [5.41, 5.74) is 0.166. The Hall–Kier alpha value is -3.14. The van der Waals surface area contributed by atoms with Crippen LogP contribution >= 0.6 is 0 Å². The Morgan fingerprint density at radius 1 is 0.889 bits per heavy atom. The van der Waals surface area contributed by atoms with E-state index in [4.69, 9.17) is 14.2 Å². The summed E-state index contributed by atoms with van der Waals surface area (Å²) in [6, 6.07) is 6.38. The van der Waals surface area contributed by atoms with Gasteiger partial charge in [0.15, 0.2) is 0 Å². The van der Waals surface area contributed by atoms with E-state index in [2.05, 4.69) is 16.0 Å². The van der Waals surface area contributed by atoms with Crippen LogP contribution in [0.4, 0.5) is 4.79 Å². The number of amides is 3. The normalized spacial score (nSPS) is 13.8. The molecule has 0 aliphatic heterocycles. The molecule has 1 aromatic rings. The van der Waals surface area contributed by atoms with E-state index in [1.165, 1.54) is 6.92 Å². The largest absolute Gasteiger partial charge is 0.464 e. The standard InChI is InChI=1S/C26H41N3O7/c1-8-35-24(32)20(14-17(2)3)28-23(31)21(16-34-15-19-12-10-9-11-13-19)29-22(30)18(4)27-25(33)36-26(5,6)7/h9-13,17-18,20-21H,8,14-16H2,1-7H3,(H,27,33)(H,28,31)(H,29,30)/t18-,20-,21-/m0/s1. The van der Waals surface area contributed by atoms with Crippen LogP contribution in [0.2, 0.25) is 0 Å². The lowest BCUT2D eigenvalue weighted by atomic mass is 10.0. The highest BCUT2D eigenvalue weighted by atomic mass is 16.6. The monoisotopic (exact) mass is 507 g/mol. The molecule has 0 aliphatic rings. The van der Waals surface area contributed by atoms with Crippen LogP contribution < -0.4 is 16.0 Å². The van der Waals surface area contributed by atoms with Crippen LogP contribution in [0.5, 0.6) is 0 Å². The van der Waals surface area contributed by atoms with Crippen molar-refractivity contribution >= 4 is 23.9 Å². The van der Waals surface area contributed by atoms with Crippen LogP contribution in [0.3, 0.4) is 0 Å². The number of rotatable bonds is 13. The van der Waals surface area contributed by atoms with E-state index >= 15 is 0 Å². The zero-order valence-corrected chi connectivity index (χ0v) is 22.4. The van der Waals surface area contributed by atoms with Gasteiger partial charge >= 0.3 is 12.1 Å². The molecule has 0 radical (unpaired) electrons. The van der Waals surface area contributed by atoms with Crippen LogP contribution in [0.15, 0.2) is 30.3 Å². The summed E-state index contributed by atoms with van der Waals surface area (Å²) in [7, 11) is 0. The SMILES string of the molecule is CCOC(=O)[C@H](CC(C)C)NC(=O)[C@H](COCc1ccccc1)NC(=O)[C@H](C)NC(=O)OC(C)(C)C. The van der Waals surface area contributed by atoms with E-state index in [-0.39, 0.29) is 25.7 Å². The highest BCUT2D eigenvalue weighted by Crippen LogP contribution is 2.09. The number of ether oxygens (including phenoxy) is 3. The molecule has 202 valence electrons. The highest BCUT2D eigenvalue weighted by Gasteiger charge is 2.30. The number of carbonyl (C=O) groups excluding carboxylic acids is 4. The van der Waals surface area contributed by atoms with Crippen molar-refractivity contribution in [3.63, 3.8) is 0 Å². The second-order valence-electron chi connectivity index (χ2n) is 9.87. The Bertz CT molecular complexity index is 853. The lowest BCUT2D eigenvalue weighted by Gasteiger charge is -2.25. The molecule has 0 spiro atoms. The minimum absolute atomic E-state index is 0.111. The summed E-state index contributed by atoms with van der Waals surface area (Å²) in [4.78, 5) is 50.3. The van der Waals surface area contributed by atoms with E-state index in [0.29, 0.717) is 6.42 Å². The van der Waals surface area contributed by atoms with Crippen molar-refractivity contribution in [1.82, 2.24) is 16.0 Å². The lowest BCUT2D eigenvalue weighted by Crippen LogP contribution is -2.57. The molecule has 10 heteroatoms. The lowest BCUT2D eigenvalue weighted by molar-refractivity contribution is -0.148. The molecule has 0 heterocycles. The number of hydrogen-bond acceptors (Lipinski definition) is 7. The molecule has 3 N–H and O–H groups in total. The van der Waals surface area contributed by atoms with Gasteiger partial charge in [0, 0.05) is 0 Å². The third kappa shape index (κ3) is 12.5. The molecule has 36 heavy (non-hydrogen) atoms. The molecule has 0 unspecified atom stereocenters. The Labute approximate surface area is 213 Å². The first kappa shape index (κ1) is 30.9. The number of benzene rings is 1. The van der Waals surface area contributed by atoms with Gasteiger partial charge in [-0.1, -0.05) is 44.2 Å². The minimum atomic E-state index is -1.12. The molecular formula is C26H41N3O7. The Morgan fingerprint density at radius 2 is 1.50 bits per heavy atom. The fraction of sp³-hybridized carbons (Fsp3) is 0.615. The number of nitrogens with one attached hydrogen (secondary N) is 3. The molecule has 10 nitrogen and oxygen atoms in total. The summed E-state index contributed by atoms with van der Waals surface area (Å²) in [6.45, 7) is 12.4. The van der Waals surface area contributed by atoms with Crippen LogP contribution in [-0.4, -0.2) is 60.8 Å². The van der Waals surface area contributed by atoms with E-state index in [9.17, 15) is 19.2 Å². The van der Waals surface area contributed by atoms with Gasteiger partial charge < -0.3 is 30.2 Å². The van der Waals surface area contributed by atoms with Crippen molar-refractivity contribution in [1.29, 1.82) is 0 Å². The van der Waals surface area contributed by atoms with E-state index < -0.39 is 47.6 Å². The molecule has 3 amide bonds. The topological polar surface area (TPSA) is 132 Å². The van der Waals surface area contributed by atoms with Crippen molar-refractivity contribution in [3.05, 3.63) is 35.9 Å². The van der Waals surface area contributed by atoms with Gasteiger partial charge in [0.2, 0.25) is 11.8 Å². The van der Waals surface area contributed by atoms with Crippen molar-refractivity contribution in [2.24, 2.45) is 5.92 Å². The molecule has 3 atom stereocenters. The first-order chi connectivity index (χ1) is 16.8. The van der Waals surface area contributed by atoms with Crippen LogP contribution in [-0.2, 0) is 35.2 Å². The number of carbonyl (C=O) groups is 4. The van der Waals surface area contributed by atoms with Crippen molar-refractivity contribution in [2.45, 2.75) is 85.2 Å². The molecule has 0 saturated heterocycles. The Morgan fingerprint density at radius 3 is 2.06 bits per heavy atom. The van der Waals surface area contributed by atoms with Gasteiger partial charge in [-0.3, -0.25) is 9.59 Å². The molecule has 1 aromatic carbocycles. The second-order valence-corrected chi connectivity index (χ2v) is 9.87. The number of alkyl carbamates (subject to hydrolysis) is 1. The number of esters is 1. The number of hydrogen-bond donors (Lipinski definition) is 3. The smallest absolute Gasteiger partial charge is 0.408 e. The predicted octanol–water partition coefficient (Wildman–Crippen LogP) is 2.70. The summed E-state index contributed by atoms with van der Waals surface area (Å²) < 4.78 is 16.0. The molecule has 0 aromatic heterocycles. The molecular weight excluding hydrogens is 466 g/mol. The second kappa shape index (κ2) is 15.1. The minimum Gasteiger partial charge on any atom is -0.464 e. The first-order valence-corrected chi connectivity index (χ1v) is 12.2. The predicted molar refractivity (Wildman–Crippen MR) is 135 cm³/mol. The third-order valence-corrected chi connectivity index (χ3v) is 4.75. The summed E-state index contributed by atoms with van der Waals surface area (Å²) in [5.74, 6) is -1.64. The Kier molecular flexibility index (Phi) is 12.9. The first-order valence-electron chi connectivity index (χ1n) is 12.2. The van der Waals surface area contributed by atoms with Crippen molar-refractivity contribution < 1.29 is 33.4 Å². The van der Waals surface area contributed by atoms with Gasteiger partial charge in [-0.15, -0.1) is 0 Å². The maximum absolute atomic E-state index is 13.1. The summed E-state index contributed by atoms with van der Waals surface area (Å²) >= 11 is 0. The van der Waals surface area contributed by atoms with E-state index in [1.54, 1.807) is 27.7 Å². The maximum Gasteiger partial charge on any atom is 0.408 e. The van der Waals surface area contributed by atoms with Gasteiger partial charge in [-0.05, 0) is 52.5 Å².